The van der Waals surface area contributed by atoms with Crippen LogP contribution in [-0.2, 0) is 0 Å². The average molecular weight is 550 g/mol. The molecule has 0 atom stereocenters. The van der Waals surface area contributed by atoms with Crippen molar-refractivity contribution in [1.82, 2.24) is 0 Å². The molecule has 4 nitrogen and oxygen atoms in total. The zero-order chi connectivity index (χ0) is 23.1. The Morgan fingerprint density at radius 1 is 0.688 bits per heavy atom. The fourth-order valence-electron chi connectivity index (χ4n) is 3.11. The summed E-state index contributed by atoms with van der Waals surface area (Å²) >= 11 is 6.83. The van der Waals surface area contributed by atoms with Crippen LogP contribution in [0.2, 0.25) is 0 Å². The predicted octanol–water partition coefficient (Wildman–Crippen LogP) is 7.36. The van der Waals surface area contributed by atoms with Gasteiger partial charge in [-0.2, -0.15) is 10.5 Å². The maximum Gasteiger partial charge on any atom is 0.128 e. The Labute approximate surface area is 204 Å². The summed E-state index contributed by atoms with van der Waals surface area (Å²) in [5.74, 6) is 0.949. The van der Waals surface area contributed by atoms with E-state index < -0.39 is 0 Å². The van der Waals surface area contributed by atoms with Gasteiger partial charge in [0, 0.05) is 20.1 Å². The third-order valence-electron chi connectivity index (χ3n) is 4.70. The normalized spacial score (nSPS) is 11.4. The molecule has 0 aliphatic rings. The van der Waals surface area contributed by atoms with Crippen LogP contribution in [0.1, 0.15) is 22.3 Å². The van der Waals surface area contributed by atoms with Crippen LogP contribution in [0.3, 0.4) is 0 Å². The Morgan fingerprint density at radius 3 is 1.31 bits per heavy atom. The van der Waals surface area contributed by atoms with E-state index in [0.717, 1.165) is 20.1 Å². The molecule has 0 aliphatic heterocycles. The van der Waals surface area contributed by atoms with Crippen LogP contribution in [0.15, 0.2) is 69.6 Å². The first-order chi connectivity index (χ1) is 15.5. The second-order valence-corrected chi connectivity index (χ2v) is 8.53. The second kappa shape index (κ2) is 10.8. The van der Waals surface area contributed by atoms with E-state index in [2.05, 4.69) is 44.0 Å². The lowest BCUT2D eigenvalue weighted by molar-refractivity contribution is 0.401. The molecule has 0 amide bonds. The molecular formula is C26H18Br2N2O2. The van der Waals surface area contributed by atoms with E-state index in [-0.39, 0.29) is 0 Å². The summed E-state index contributed by atoms with van der Waals surface area (Å²) in [7, 11) is 3.07. The highest BCUT2D eigenvalue weighted by Gasteiger charge is 2.17. The Hall–Kier alpha value is -3.32. The van der Waals surface area contributed by atoms with Gasteiger partial charge in [0.25, 0.3) is 0 Å². The molecular weight excluding hydrogens is 532 g/mol. The van der Waals surface area contributed by atoms with Gasteiger partial charge in [0.1, 0.15) is 11.5 Å². The van der Waals surface area contributed by atoms with Crippen LogP contribution in [-0.4, -0.2) is 14.2 Å². The van der Waals surface area contributed by atoms with E-state index in [1.807, 2.05) is 48.5 Å². The first-order valence-corrected chi connectivity index (χ1v) is 11.1. The number of halogens is 2. The van der Waals surface area contributed by atoms with Gasteiger partial charge >= 0.3 is 0 Å². The fourth-order valence-corrected chi connectivity index (χ4v) is 3.64. The standard InChI is InChI=1S/C26H18Br2N2O2/c1-31-25-13-24(20(16-30)12-18-5-9-22(28)10-6-18)26(32-2)14-23(25)19(15-29)11-17-3-7-21(27)8-4-17/h3-14H,1-2H3/b19-11+,20-12+. The number of hydrogen-bond acceptors (Lipinski definition) is 4. The topological polar surface area (TPSA) is 66.0 Å². The summed E-state index contributed by atoms with van der Waals surface area (Å²) in [6.07, 6.45) is 3.57. The number of ether oxygens (including phenoxy) is 2. The van der Waals surface area contributed by atoms with Gasteiger partial charge in [-0.05, 0) is 59.7 Å². The van der Waals surface area contributed by atoms with Crippen LogP contribution in [0.4, 0.5) is 0 Å². The molecule has 0 fully saturated rings. The van der Waals surface area contributed by atoms with Crippen LogP contribution in [0.5, 0.6) is 11.5 Å². The number of allylic oxidation sites excluding steroid dienone is 2. The largest absolute Gasteiger partial charge is 0.496 e. The van der Waals surface area contributed by atoms with Gasteiger partial charge in [-0.1, -0.05) is 56.1 Å². The molecule has 0 spiro atoms. The first kappa shape index (κ1) is 23.3. The van der Waals surface area contributed by atoms with Crippen molar-refractivity contribution < 1.29 is 9.47 Å². The minimum Gasteiger partial charge on any atom is -0.496 e. The number of benzene rings is 3. The summed E-state index contributed by atoms with van der Waals surface area (Å²) in [5.41, 5.74) is 3.76. The zero-order valence-corrected chi connectivity index (χ0v) is 20.6. The highest BCUT2D eigenvalue weighted by molar-refractivity contribution is 9.10. The lowest BCUT2D eigenvalue weighted by atomic mass is 9.96. The van der Waals surface area contributed by atoms with Crippen molar-refractivity contribution in [3.8, 4) is 23.6 Å². The Balaban J connectivity index is 2.13. The SMILES string of the molecule is COc1cc(/C(C#N)=C/c2ccc(Br)cc2)c(OC)cc1/C(C#N)=C/c1ccc(Br)cc1. The van der Waals surface area contributed by atoms with Crippen molar-refractivity contribution in [2.75, 3.05) is 14.2 Å². The Morgan fingerprint density at radius 2 is 1.03 bits per heavy atom. The molecule has 32 heavy (non-hydrogen) atoms. The molecule has 0 radical (unpaired) electrons. The van der Waals surface area contributed by atoms with E-state index in [9.17, 15) is 10.5 Å². The maximum absolute atomic E-state index is 9.83. The fraction of sp³-hybridized carbons (Fsp3) is 0.0769. The molecule has 0 saturated carbocycles. The zero-order valence-electron chi connectivity index (χ0n) is 17.4. The Kier molecular flexibility index (Phi) is 7.89. The van der Waals surface area contributed by atoms with Gasteiger partial charge in [0.2, 0.25) is 0 Å². The van der Waals surface area contributed by atoms with Gasteiger partial charge in [-0.25, -0.2) is 0 Å². The van der Waals surface area contributed by atoms with E-state index in [1.165, 1.54) is 14.2 Å². The molecule has 0 bridgehead atoms. The average Bonchev–Trinajstić information content (AvgIpc) is 2.82. The van der Waals surface area contributed by atoms with Gasteiger partial charge in [-0.3, -0.25) is 0 Å². The number of nitrogens with zero attached hydrogens (tertiary/aromatic N) is 2. The van der Waals surface area contributed by atoms with Crippen molar-refractivity contribution in [3.05, 3.63) is 91.9 Å². The molecule has 3 aromatic carbocycles. The lowest BCUT2D eigenvalue weighted by Gasteiger charge is -2.14. The predicted molar refractivity (Wildman–Crippen MR) is 135 cm³/mol. The molecule has 0 aromatic heterocycles. The first-order valence-electron chi connectivity index (χ1n) is 9.50. The van der Waals surface area contributed by atoms with Crippen molar-refractivity contribution >= 4 is 55.2 Å². The van der Waals surface area contributed by atoms with Crippen molar-refractivity contribution in [3.63, 3.8) is 0 Å². The van der Waals surface area contributed by atoms with Crippen LogP contribution < -0.4 is 9.47 Å². The van der Waals surface area contributed by atoms with Gasteiger partial charge in [0.05, 0.1) is 37.5 Å². The summed E-state index contributed by atoms with van der Waals surface area (Å²) in [6.45, 7) is 0. The number of rotatable bonds is 6. The van der Waals surface area contributed by atoms with Crippen LogP contribution >= 0.6 is 31.9 Å². The summed E-state index contributed by atoms with van der Waals surface area (Å²) in [4.78, 5) is 0. The van der Waals surface area contributed by atoms with E-state index >= 15 is 0 Å². The third kappa shape index (κ3) is 5.48. The molecule has 0 N–H and O–H groups in total. The van der Waals surface area contributed by atoms with E-state index in [4.69, 9.17) is 9.47 Å². The van der Waals surface area contributed by atoms with Crippen LogP contribution in [0.25, 0.3) is 23.3 Å². The maximum atomic E-state index is 9.83. The molecule has 3 rings (SSSR count). The number of methoxy groups -OCH3 is 2. The number of hydrogen-bond donors (Lipinski definition) is 0. The van der Waals surface area contributed by atoms with E-state index in [1.54, 1.807) is 24.3 Å². The summed E-state index contributed by atoms with van der Waals surface area (Å²) in [5, 5.41) is 19.7. The van der Waals surface area contributed by atoms with Gasteiger partial charge in [0.15, 0.2) is 0 Å². The molecule has 0 heterocycles. The summed E-state index contributed by atoms with van der Waals surface area (Å²) in [6, 6.07) is 23.2. The monoisotopic (exact) mass is 548 g/mol. The van der Waals surface area contributed by atoms with Gasteiger partial charge < -0.3 is 9.47 Å². The minimum absolute atomic E-state index is 0.421. The Bertz CT molecular complexity index is 1160. The molecule has 6 heteroatoms. The van der Waals surface area contributed by atoms with E-state index in [0.29, 0.717) is 33.8 Å². The minimum atomic E-state index is 0.421. The molecule has 0 aliphatic carbocycles. The van der Waals surface area contributed by atoms with Gasteiger partial charge in [-0.15, -0.1) is 0 Å². The van der Waals surface area contributed by atoms with Crippen LogP contribution in [0, 0.1) is 22.7 Å². The highest BCUT2D eigenvalue weighted by atomic mass is 79.9. The van der Waals surface area contributed by atoms with Crippen molar-refractivity contribution in [2.24, 2.45) is 0 Å². The molecule has 0 unspecified atom stereocenters. The molecule has 158 valence electrons. The van der Waals surface area contributed by atoms with Crippen molar-refractivity contribution in [1.29, 1.82) is 10.5 Å². The summed E-state index contributed by atoms with van der Waals surface area (Å²) < 4.78 is 13.1. The number of nitriles is 2. The highest BCUT2D eigenvalue weighted by Crippen LogP contribution is 2.37. The third-order valence-corrected chi connectivity index (χ3v) is 5.76. The smallest absolute Gasteiger partial charge is 0.128 e. The second-order valence-electron chi connectivity index (χ2n) is 6.70. The quantitative estimate of drug-likeness (QED) is 0.238. The van der Waals surface area contributed by atoms with Crippen molar-refractivity contribution in [2.45, 2.75) is 0 Å². The molecule has 0 saturated heterocycles. The lowest BCUT2D eigenvalue weighted by Crippen LogP contribution is -1.98. The molecule has 3 aromatic rings.